The van der Waals surface area contributed by atoms with Gasteiger partial charge in [-0.15, -0.1) is 0 Å². The molecule has 1 amide bonds. The van der Waals surface area contributed by atoms with Gasteiger partial charge in [0.25, 0.3) is 0 Å². The molecule has 2 atom stereocenters. The molecule has 2 aliphatic carbocycles. The van der Waals surface area contributed by atoms with Crippen molar-refractivity contribution in [2.45, 2.75) is 51.2 Å². The monoisotopic (exact) mass is 306 g/mol. The lowest BCUT2D eigenvalue weighted by Crippen LogP contribution is -2.34. The minimum absolute atomic E-state index is 0.107. The first-order valence-corrected chi connectivity index (χ1v) is 7.57. The molecule has 0 spiro atoms. The number of carbonyl (C=O) groups excluding carboxylic acids is 1. The highest BCUT2D eigenvalue weighted by atomic mass is 16.6. The van der Waals surface area contributed by atoms with Gasteiger partial charge in [-0.05, 0) is 27.2 Å². The van der Waals surface area contributed by atoms with Crippen LogP contribution in [0.1, 0.15) is 50.2 Å². The maximum Gasteiger partial charge on any atom is 0.407 e. The number of ether oxygens (including phenoxy) is 1. The molecule has 0 aromatic carbocycles. The molecular weight excluding hydrogens is 284 g/mol. The first kappa shape index (κ1) is 14.8. The molecule has 1 aromatic rings. The van der Waals surface area contributed by atoms with Gasteiger partial charge in [-0.25, -0.2) is 4.79 Å². The zero-order chi connectivity index (χ0) is 16.1. The number of hydrogen-bond donors (Lipinski definition) is 3. The van der Waals surface area contributed by atoms with Crippen molar-refractivity contribution in [2.75, 3.05) is 6.54 Å². The zero-order valence-corrected chi connectivity index (χ0v) is 13.1. The lowest BCUT2D eigenvalue weighted by molar-refractivity contribution is 0.0525. The highest BCUT2D eigenvalue weighted by Gasteiger charge is 2.40. The molecule has 22 heavy (non-hydrogen) atoms. The quantitative estimate of drug-likeness (QED) is 0.749. The first-order chi connectivity index (χ1) is 10.3. The van der Waals surface area contributed by atoms with Crippen molar-refractivity contribution in [1.82, 2.24) is 9.88 Å². The Balaban J connectivity index is 1.65. The van der Waals surface area contributed by atoms with Gasteiger partial charge in [0.1, 0.15) is 5.60 Å². The fourth-order valence-electron chi connectivity index (χ4n) is 3.29. The molecule has 0 aliphatic heterocycles. The second kappa shape index (κ2) is 4.97. The van der Waals surface area contributed by atoms with E-state index in [1.54, 1.807) is 20.8 Å². The molecule has 3 rings (SSSR count). The fourth-order valence-corrected chi connectivity index (χ4v) is 3.29. The summed E-state index contributed by atoms with van der Waals surface area (Å²) in [6.45, 7) is 5.95. The number of nitrogens with zero attached hydrogens (tertiary/aromatic N) is 1. The number of aromatic nitrogens is 1. The SMILES string of the molecule is CC(C)(C)OC(=O)NCCn1c(O)c2c(c1O)C1C=CC2C1. The Labute approximate surface area is 129 Å². The van der Waals surface area contributed by atoms with E-state index in [0.717, 1.165) is 17.5 Å². The molecular formula is C16H22N2O4. The van der Waals surface area contributed by atoms with E-state index in [1.807, 2.05) is 0 Å². The van der Waals surface area contributed by atoms with Crippen molar-refractivity contribution >= 4 is 6.09 Å². The van der Waals surface area contributed by atoms with Crippen LogP contribution in [-0.4, -0.2) is 33.0 Å². The average Bonchev–Trinajstić information content (AvgIpc) is 3.05. The lowest BCUT2D eigenvalue weighted by atomic mass is 10.0. The molecule has 2 bridgehead atoms. The first-order valence-electron chi connectivity index (χ1n) is 7.57. The summed E-state index contributed by atoms with van der Waals surface area (Å²) in [5.41, 5.74) is 1.12. The van der Waals surface area contributed by atoms with Crippen LogP contribution in [0.15, 0.2) is 12.2 Å². The van der Waals surface area contributed by atoms with Crippen LogP contribution in [0.25, 0.3) is 0 Å². The summed E-state index contributed by atoms with van der Waals surface area (Å²) < 4.78 is 6.60. The molecule has 0 fully saturated rings. The van der Waals surface area contributed by atoms with Crippen molar-refractivity contribution < 1.29 is 19.7 Å². The number of fused-ring (bicyclic) bond motifs is 5. The van der Waals surface area contributed by atoms with E-state index in [4.69, 9.17) is 4.74 Å². The fraction of sp³-hybridized carbons (Fsp3) is 0.562. The molecule has 120 valence electrons. The van der Waals surface area contributed by atoms with Crippen molar-refractivity contribution in [2.24, 2.45) is 0 Å². The van der Waals surface area contributed by atoms with E-state index in [9.17, 15) is 15.0 Å². The maximum absolute atomic E-state index is 11.6. The molecule has 0 saturated heterocycles. The van der Waals surface area contributed by atoms with E-state index >= 15 is 0 Å². The second-order valence-electron chi connectivity index (χ2n) is 6.89. The molecule has 2 aliphatic rings. The highest BCUT2D eigenvalue weighted by Crippen LogP contribution is 2.56. The van der Waals surface area contributed by atoms with Gasteiger partial charge < -0.3 is 20.3 Å². The average molecular weight is 306 g/mol. The third kappa shape index (κ3) is 2.42. The number of allylic oxidation sites excluding steroid dienone is 2. The third-order valence-electron chi connectivity index (χ3n) is 4.11. The van der Waals surface area contributed by atoms with Crippen LogP contribution in [-0.2, 0) is 11.3 Å². The predicted octanol–water partition coefficient (Wildman–Crippen LogP) is 2.56. The number of alkyl carbamates (subject to hydrolysis) is 1. The van der Waals surface area contributed by atoms with Gasteiger partial charge in [0.15, 0.2) is 11.8 Å². The van der Waals surface area contributed by atoms with Crippen LogP contribution in [0.5, 0.6) is 11.8 Å². The highest BCUT2D eigenvalue weighted by molar-refractivity contribution is 5.67. The Morgan fingerprint density at radius 3 is 2.32 bits per heavy atom. The molecule has 1 heterocycles. The summed E-state index contributed by atoms with van der Waals surface area (Å²) in [4.78, 5) is 11.6. The number of aromatic hydroxyl groups is 2. The Kier molecular flexibility index (Phi) is 3.34. The Hall–Kier alpha value is -2.11. The third-order valence-corrected chi connectivity index (χ3v) is 4.11. The number of nitrogens with one attached hydrogen (secondary N) is 1. The number of hydrogen-bond acceptors (Lipinski definition) is 4. The lowest BCUT2D eigenvalue weighted by Gasteiger charge is -2.19. The van der Waals surface area contributed by atoms with E-state index in [2.05, 4.69) is 17.5 Å². The molecule has 6 nitrogen and oxygen atoms in total. The predicted molar refractivity (Wildman–Crippen MR) is 81.2 cm³/mol. The molecule has 1 aromatic heterocycles. The summed E-state index contributed by atoms with van der Waals surface area (Å²) in [6.07, 6.45) is 4.58. The summed E-state index contributed by atoms with van der Waals surface area (Å²) in [7, 11) is 0. The Morgan fingerprint density at radius 2 is 1.82 bits per heavy atom. The second-order valence-corrected chi connectivity index (χ2v) is 6.89. The van der Waals surface area contributed by atoms with E-state index in [1.165, 1.54) is 4.57 Å². The summed E-state index contributed by atoms with van der Waals surface area (Å²) >= 11 is 0. The van der Waals surface area contributed by atoms with Gasteiger partial charge in [-0.2, -0.15) is 0 Å². The molecule has 3 N–H and O–H groups in total. The largest absolute Gasteiger partial charge is 0.494 e. The Bertz CT molecular complexity index is 604. The van der Waals surface area contributed by atoms with Crippen LogP contribution in [0, 0.1) is 0 Å². The summed E-state index contributed by atoms with van der Waals surface area (Å²) in [5.74, 6) is 0.614. The van der Waals surface area contributed by atoms with Crippen molar-refractivity contribution in [3.05, 3.63) is 23.3 Å². The van der Waals surface area contributed by atoms with Crippen LogP contribution in [0.3, 0.4) is 0 Å². The van der Waals surface area contributed by atoms with E-state index in [0.29, 0.717) is 6.54 Å². The summed E-state index contributed by atoms with van der Waals surface area (Å²) in [5, 5.41) is 23.3. The van der Waals surface area contributed by atoms with Gasteiger partial charge in [-0.3, -0.25) is 4.57 Å². The van der Waals surface area contributed by atoms with Crippen molar-refractivity contribution in [3.63, 3.8) is 0 Å². The summed E-state index contributed by atoms with van der Waals surface area (Å²) in [6, 6.07) is 0. The van der Waals surface area contributed by atoms with Crippen LogP contribution in [0.2, 0.25) is 0 Å². The molecule has 0 radical (unpaired) electrons. The van der Waals surface area contributed by atoms with E-state index in [-0.39, 0.29) is 30.1 Å². The van der Waals surface area contributed by atoms with Crippen LogP contribution < -0.4 is 5.32 Å². The number of rotatable bonds is 3. The number of amides is 1. The van der Waals surface area contributed by atoms with Gasteiger partial charge in [0.05, 0.1) is 0 Å². The van der Waals surface area contributed by atoms with Gasteiger partial charge in [-0.1, -0.05) is 12.2 Å². The topological polar surface area (TPSA) is 83.7 Å². The maximum atomic E-state index is 11.6. The van der Waals surface area contributed by atoms with Gasteiger partial charge in [0, 0.05) is 36.1 Å². The minimum atomic E-state index is -0.548. The van der Waals surface area contributed by atoms with E-state index < -0.39 is 11.7 Å². The van der Waals surface area contributed by atoms with Crippen molar-refractivity contribution in [1.29, 1.82) is 0 Å². The standard InChI is InChI=1S/C16H22N2O4/c1-16(2,3)22-15(21)17-6-7-18-13(19)11-9-4-5-10(8-9)12(11)14(18)20/h4-5,9-10,19-20H,6-8H2,1-3H3,(H,17,21). The van der Waals surface area contributed by atoms with Crippen LogP contribution >= 0.6 is 0 Å². The molecule has 6 heteroatoms. The minimum Gasteiger partial charge on any atom is -0.494 e. The Morgan fingerprint density at radius 1 is 1.27 bits per heavy atom. The zero-order valence-electron chi connectivity index (χ0n) is 13.1. The van der Waals surface area contributed by atoms with Crippen molar-refractivity contribution in [3.8, 4) is 11.8 Å². The molecule has 0 saturated carbocycles. The normalized spacial score (nSPS) is 22.0. The van der Waals surface area contributed by atoms with Gasteiger partial charge >= 0.3 is 6.09 Å². The van der Waals surface area contributed by atoms with Gasteiger partial charge in [0.2, 0.25) is 0 Å². The number of carbonyl (C=O) groups is 1. The smallest absolute Gasteiger partial charge is 0.407 e. The van der Waals surface area contributed by atoms with Crippen LogP contribution in [0.4, 0.5) is 4.79 Å². The molecule has 2 unspecified atom stereocenters.